The van der Waals surface area contributed by atoms with Gasteiger partial charge in [0.2, 0.25) is 0 Å². The highest BCUT2D eigenvalue weighted by atomic mass is 32.1. The number of hydrogen-bond acceptors (Lipinski definition) is 5. The fourth-order valence-corrected chi connectivity index (χ4v) is 4.88. The van der Waals surface area contributed by atoms with E-state index in [2.05, 4.69) is 23.8 Å². The molecule has 0 unspecified atom stereocenters. The molecular formula is C26H30N4O3S. The molecule has 0 saturated carbocycles. The van der Waals surface area contributed by atoms with Crippen LogP contribution in [-0.2, 0) is 13.6 Å². The quantitative estimate of drug-likeness (QED) is 0.379. The molecule has 4 aromatic rings. The first-order chi connectivity index (χ1) is 16.3. The number of thiazole rings is 1. The first-order valence-corrected chi connectivity index (χ1v) is 12.0. The lowest BCUT2D eigenvalue weighted by Crippen LogP contribution is -2.21. The smallest absolute Gasteiger partial charge is 0.297 e. The summed E-state index contributed by atoms with van der Waals surface area (Å²) in [6.45, 7) is 7.00. The molecule has 2 aromatic heterocycles. The van der Waals surface area contributed by atoms with E-state index >= 15 is 0 Å². The normalized spacial score (nSPS) is 11.9. The molecule has 0 bridgehead atoms. The number of methoxy groups -OCH3 is 2. The van der Waals surface area contributed by atoms with Crippen LogP contribution in [0.3, 0.4) is 0 Å². The van der Waals surface area contributed by atoms with Crippen molar-refractivity contribution in [1.29, 1.82) is 0 Å². The molecule has 7 nitrogen and oxygen atoms in total. The van der Waals surface area contributed by atoms with E-state index in [0.717, 1.165) is 45.5 Å². The third-order valence-electron chi connectivity index (χ3n) is 5.76. The van der Waals surface area contributed by atoms with Crippen molar-refractivity contribution in [3.8, 4) is 28.4 Å². The SMILES string of the molecule is COc1ccc(OC)c(-c2csc(=Nc3c(C)n(C)n(-c4ccccc4)c3=O)n2CC(C)C)c1. The average molecular weight is 479 g/mol. The summed E-state index contributed by atoms with van der Waals surface area (Å²) in [5, 5.41) is 2.06. The molecule has 0 saturated heterocycles. The van der Waals surface area contributed by atoms with Gasteiger partial charge in [-0.3, -0.25) is 9.48 Å². The summed E-state index contributed by atoms with van der Waals surface area (Å²) in [6, 6.07) is 15.4. The summed E-state index contributed by atoms with van der Waals surface area (Å²) in [7, 11) is 5.19. The summed E-state index contributed by atoms with van der Waals surface area (Å²) in [4.78, 5) is 19.1. The van der Waals surface area contributed by atoms with Crippen LogP contribution in [0.1, 0.15) is 19.5 Å². The van der Waals surface area contributed by atoms with Gasteiger partial charge >= 0.3 is 0 Å². The van der Waals surface area contributed by atoms with Gasteiger partial charge < -0.3 is 14.0 Å². The Morgan fingerprint density at radius 1 is 1.06 bits per heavy atom. The fourth-order valence-electron chi connectivity index (χ4n) is 3.97. The molecule has 0 radical (unpaired) electrons. The molecule has 34 heavy (non-hydrogen) atoms. The van der Waals surface area contributed by atoms with Crippen molar-refractivity contribution in [2.45, 2.75) is 27.3 Å². The van der Waals surface area contributed by atoms with Crippen molar-refractivity contribution in [2.75, 3.05) is 14.2 Å². The third-order valence-corrected chi connectivity index (χ3v) is 6.62. The number of hydrogen-bond donors (Lipinski definition) is 0. The number of nitrogens with zero attached hydrogens (tertiary/aromatic N) is 4. The maximum Gasteiger partial charge on any atom is 0.297 e. The van der Waals surface area contributed by atoms with Crippen molar-refractivity contribution < 1.29 is 9.47 Å². The molecule has 0 aliphatic carbocycles. The molecule has 178 valence electrons. The van der Waals surface area contributed by atoms with E-state index in [1.54, 1.807) is 18.9 Å². The van der Waals surface area contributed by atoms with E-state index in [-0.39, 0.29) is 5.56 Å². The zero-order valence-corrected chi connectivity index (χ0v) is 21.2. The highest BCUT2D eigenvalue weighted by Crippen LogP contribution is 2.34. The largest absolute Gasteiger partial charge is 0.497 e. The maximum absolute atomic E-state index is 13.4. The van der Waals surface area contributed by atoms with Crippen LogP contribution >= 0.6 is 11.3 Å². The first kappa shape index (κ1) is 23.6. The lowest BCUT2D eigenvalue weighted by atomic mass is 10.1. The van der Waals surface area contributed by atoms with E-state index in [4.69, 9.17) is 14.5 Å². The Labute approximate surface area is 203 Å². The lowest BCUT2D eigenvalue weighted by molar-refractivity contribution is 0.404. The summed E-state index contributed by atoms with van der Waals surface area (Å²) >= 11 is 1.51. The molecule has 2 aromatic carbocycles. The van der Waals surface area contributed by atoms with Crippen molar-refractivity contribution in [2.24, 2.45) is 18.0 Å². The van der Waals surface area contributed by atoms with E-state index in [0.29, 0.717) is 11.6 Å². The van der Waals surface area contributed by atoms with Crippen LogP contribution in [0.25, 0.3) is 16.9 Å². The number of rotatable bonds is 7. The molecule has 0 aliphatic rings. The highest BCUT2D eigenvalue weighted by molar-refractivity contribution is 7.07. The van der Waals surface area contributed by atoms with Crippen molar-refractivity contribution in [1.82, 2.24) is 13.9 Å². The van der Waals surface area contributed by atoms with Gasteiger partial charge in [0.15, 0.2) is 10.5 Å². The molecule has 0 N–H and O–H groups in total. The topological polar surface area (TPSA) is 62.7 Å². The second-order valence-corrected chi connectivity index (χ2v) is 9.33. The fraction of sp³-hybridized carbons (Fsp3) is 0.308. The average Bonchev–Trinajstić information content (AvgIpc) is 3.32. The second kappa shape index (κ2) is 9.77. The molecule has 0 fully saturated rings. The summed E-state index contributed by atoms with van der Waals surface area (Å²) in [6.07, 6.45) is 0. The zero-order chi connectivity index (χ0) is 24.4. The van der Waals surface area contributed by atoms with Crippen LogP contribution in [0.5, 0.6) is 11.5 Å². The highest BCUT2D eigenvalue weighted by Gasteiger charge is 2.18. The summed E-state index contributed by atoms with van der Waals surface area (Å²) in [5.41, 5.74) is 3.81. The zero-order valence-electron chi connectivity index (χ0n) is 20.4. The molecule has 0 atom stereocenters. The van der Waals surface area contributed by atoms with E-state index in [1.807, 2.05) is 67.2 Å². The van der Waals surface area contributed by atoms with Crippen LogP contribution in [0, 0.1) is 12.8 Å². The molecule has 2 heterocycles. The summed E-state index contributed by atoms with van der Waals surface area (Å²) < 4.78 is 16.8. The molecule has 0 spiro atoms. The van der Waals surface area contributed by atoms with Crippen molar-refractivity contribution in [3.63, 3.8) is 0 Å². The van der Waals surface area contributed by atoms with Crippen LogP contribution in [0.2, 0.25) is 0 Å². The number of aromatic nitrogens is 3. The predicted molar refractivity (Wildman–Crippen MR) is 137 cm³/mol. The van der Waals surface area contributed by atoms with Gasteiger partial charge in [0.25, 0.3) is 5.56 Å². The minimum atomic E-state index is -0.142. The molecule has 0 aliphatic heterocycles. The van der Waals surface area contributed by atoms with E-state index in [9.17, 15) is 4.79 Å². The Hall–Kier alpha value is -3.52. The Balaban J connectivity index is 1.94. The van der Waals surface area contributed by atoms with E-state index < -0.39 is 0 Å². The van der Waals surface area contributed by atoms with Gasteiger partial charge in [0.1, 0.15) is 11.5 Å². The number of para-hydroxylation sites is 1. The molecule has 8 heteroatoms. The summed E-state index contributed by atoms with van der Waals surface area (Å²) in [5.74, 6) is 1.88. The Bertz CT molecular complexity index is 1420. The van der Waals surface area contributed by atoms with Gasteiger partial charge in [0.05, 0.1) is 31.3 Å². The van der Waals surface area contributed by atoms with Crippen molar-refractivity contribution in [3.05, 3.63) is 74.8 Å². The van der Waals surface area contributed by atoms with Crippen LogP contribution in [-0.4, -0.2) is 28.2 Å². The molecule has 4 rings (SSSR count). The van der Waals surface area contributed by atoms with Crippen molar-refractivity contribution >= 4 is 17.0 Å². The Morgan fingerprint density at radius 2 is 1.79 bits per heavy atom. The minimum absolute atomic E-state index is 0.142. The minimum Gasteiger partial charge on any atom is -0.497 e. The number of benzene rings is 2. The van der Waals surface area contributed by atoms with Gasteiger partial charge in [-0.2, -0.15) is 0 Å². The van der Waals surface area contributed by atoms with Crippen LogP contribution in [0.4, 0.5) is 5.69 Å². The standard InChI is InChI=1S/C26H30N4O3S/c1-17(2)15-29-22(21-14-20(32-5)12-13-23(21)33-6)16-34-26(29)27-24-18(3)28(4)30(25(24)31)19-10-8-7-9-11-19/h7-14,16-17H,15H2,1-6H3. The lowest BCUT2D eigenvalue weighted by Gasteiger charge is -2.15. The van der Waals surface area contributed by atoms with Gasteiger partial charge in [-0.15, -0.1) is 11.3 Å². The Morgan fingerprint density at radius 3 is 2.44 bits per heavy atom. The van der Waals surface area contributed by atoms with Gasteiger partial charge in [-0.05, 0) is 43.2 Å². The number of ether oxygens (including phenoxy) is 2. The third kappa shape index (κ3) is 4.33. The predicted octanol–water partition coefficient (Wildman–Crippen LogP) is 4.92. The van der Waals surface area contributed by atoms with E-state index in [1.165, 1.54) is 11.3 Å². The molecular weight excluding hydrogens is 448 g/mol. The van der Waals surface area contributed by atoms with Crippen LogP contribution in [0.15, 0.2) is 63.7 Å². The van der Waals surface area contributed by atoms with Gasteiger partial charge in [-0.25, -0.2) is 9.67 Å². The molecule has 0 amide bonds. The van der Waals surface area contributed by atoms with Gasteiger partial charge in [-0.1, -0.05) is 32.0 Å². The van der Waals surface area contributed by atoms with Crippen LogP contribution < -0.4 is 19.8 Å². The first-order valence-electron chi connectivity index (χ1n) is 11.1. The monoisotopic (exact) mass is 478 g/mol. The maximum atomic E-state index is 13.4. The van der Waals surface area contributed by atoms with Gasteiger partial charge in [0, 0.05) is 24.5 Å². The Kier molecular flexibility index (Phi) is 6.79. The second-order valence-electron chi connectivity index (χ2n) is 8.50.